The third-order valence-electron chi connectivity index (χ3n) is 4.52. The Kier molecular flexibility index (Phi) is 9.51. The second kappa shape index (κ2) is 10.6. The maximum Gasteiger partial charge on any atom is 0.194 e. The van der Waals surface area contributed by atoms with Gasteiger partial charge in [-0.05, 0) is 46.7 Å². The Morgan fingerprint density at radius 2 is 2.17 bits per heavy atom. The molecule has 1 aliphatic rings. The molecule has 1 fully saturated rings. The number of nitrogens with one attached hydrogen (secondary N) is 1. The van der Waals surface area contributed by atoms with Gasteiger partial charge in [0, 0.05) is 31.1 Å². The lowest BCUT2D eigenvalue weighted by Crippen LogP contribution is -2.45. The molecule has 7 heteroatoms. The molecule has 1 aromatic heterocycles. The highest BCUT2D eigenvalue weighted by atomic mass is 127. The Morgan fingerprint density at radius 3 is 2.75 bits per heavy atom. The summed E-state index contributed by atoms with van der Waals surface area (Å²) < 4.78 is 0. The molecule has 2 heterocycles. The maximum absolute atomic E-state index is 4.79. The van der Waals surface area contributed by atoms with Gasteiger partial charge in [0.2, 0.25) is 0 Å². The Hall–Kier alpha value is -0.410. The molecular formula is C17H32IN5S. The number of hydrogen-bond acceptors (Lipinski definition) is 4. The number of guanidine groups is 1. The number of aromatic nitrogens is 1. The van der Waals surface area contributed by atoms with Gasteiger partial charge in [0.15, 0.2) is 5.96 Å². The molecule has 1 atom stereocenters. The van der Waals surface area contributed by atoms with E-state index in [0.29, 0.717) is 12.6 Å². The molecule has 5 nitrogen and oxygen atoms in total. The van der Waals surface area contributed by atoms with Gasteiger partial charge in [-0.1, -0.05) is 6.92 Å². The highest BCUT2D eigenvalue weighted by Crippen LogP contribution is 2.18. The van der Waals surface area contributed by atoms with Gasteiger partial charge in [0.1, 0.15) is 5.01 Å². The van der Waals surface area contributed by atoms with Gasteiger partial charge in [-0.3, -0.25) is 4.90 Å². The molecular weight excluding hydrogens is 433 g/mol. The van der Waals surface area contributed by atoms with Crippen molar-refractivity contribution in [3.63, 3.8) is 0 Å². The zero-order chi connectivity index (χ0) is 16.8. The molecule has 0 bridgehead atoms. The summed E-state index contributed by atoms with van der Waals surface area (Å²) in [5.74, 6) is 0.987. The maximum atomic E-state index is 4.79. The van der Waals surface area contributed by atoms with Crippen molar-refractivity contribution in [2.24, 2.45) is 4.99 Å². The standard InChI is InChI=1S/C17H31N5S.HI/c1-6-18-17(19-11-16-20-13(3)14(4)23-16)21(5)12-15-9-8-10-22(15)7-2;/h15H,6-12H2,1-5H3,(H,18,19);1H. The van der Waals surface area contributed by atoms with Gasteiger partial charge >= 0.3 is 0 Å². The average Bonchev–Trinajstić information content (AvgIpc) is 3.10. The minimum Gasteiger partial charge on any atom is -0.357 e. The van der Waals surface area contributed by atoms with Crippen LogP contribution in [0.4, 0.5) is 0 Å². The molecule has 0 radical (unpaired) electrons. The van der Waals surface area contributed by atoms with E-state index in [-0.39, 0.29) is 24.0 Å². The third-order valence-corrected chi connectivity index (χ3v) is 5.58. The van der Waals surface area contributed by atoms with Gasteiger partial charge in [-0.25, -0.2) is 9.98 Å². The van der Waals surface area contributed by atoms with Gasteiger partial charge in [0.25, 0.3) is 0 Å². The molecule has 0 aliphatic carbocycles. The lowest BCUT2D eigenvalue weighted by Gasteiger charge is -2.29. The second-order valence-corrected chi connectivity index (χ2v) is 7.51. The molecule has 0 spiro atoms. The minimum atomic E-state index is 0. The SMILES string of the molecule is CCNC(=NCc1nc(C)c(C)s1)N(C)CC1CCCN1CC.I. The van der Waals surface area contributed by atoms with Crippen LogP contribution in [-0.2, 0) is 6.54 Å². The molecule has 1 aliphatic heterocycles. The van der Waals surface area contributed by atoms with Crippen molar-refractivity contribution in [2.45, 2.75) is 53.1 Å². The van der Waals surface area contributed by atoms with E-state index in [2.05, 4.69) is 54.8 Å². The summed E-state index contributed by atoms with van der Waals surface area (Å²) >= 11 is 1.75. The first-order valence-electron chi connectivity index (χ1n) is 8.71. The molecule has 1 saturated heterocycles. The summed E-state index contributed by atoms with van der Waals surface area (Å²) in [5.41, 5.74) is 1.13. The summed E-state index contributed by atoms with van der Waals surface area (Å²) in [5, 5.41) is 4.51. The van der Waals surface area contributed by atoms with Crippen LogP contribution in [0.2, 0.25) is 0 Å². The quantitative estimate of drug-likeness (QED) is 0.398. The Morgan fingerprint density at radius 1 is 1.42 bits per heavy atom. The van der Waals surface area contributed by atoms with Crippen LogP contribution in [0.5, 0.6) is 0 Å². The largest absolute Gasteiger partial charge is 0.357 e. The van der Waals surface area contributed by atoms with E-state index in [1.165, 1.54) is 24.3 Å². The number of aliphatic imine (C=N–C) groups is 1. The Bertz CT molecular complexity index is 512. The Labute approximate surface area is 168 Å². The summed E-state index contributed by atoms with van der Waals surface area (Å²) in [6.45, 7) is 13.5. The molecule has 1 aromatic rings. The van der Waals surface area contributed by atoms with E-state index in [1.807, 2.05) is 0 Å². The normalized spacial score (nSPS) is 18.5. The van der Waals surface area contributed by atoms with Crippen LogP contribution in [0, 0.1) is 13.8 Å². The molecule has 24 heavy (non-hydrogen) atoms. The molecule has 1 unspecified atom stereocenters. The number of aryl methyl sites for hydroxylation is 2. The number of rotatable bonds is 6. The number of hydrogen-bond donors (Lipinski definition) is 1. The van der Waals surface area contributed by atoms with Gasteiger partial charge in [-0.15, -0.1) is 35.3 Å². The molecule has 0 aromatic carbocycles. The zero-order valence-corrected chi connectivity index (χ0v) is 18.8. The predicted molar refractivity (Wildman–Crippen MR) is 115 cm³/mol. The van der Waals surface area contributed by atoms with Crippen molar-refractivity contribution in [1.29, 1.82) is 0 Å². The van der Waals surface area contributed by atoms with Gasteiger partial charge in [-0.2, -0.15) is 0 Å². The molecule has 0 saturated carbocycles. The van der Waals surface area contributed by atoms with Crippen LogP contribution in [0.25, 0.3) is 0 Å². The van der Waals surface area contributed by atoms with Crippen LogP contribution in [-0.4, -0.2) is 60.0 Å². The van der Waals surface area contributed by atoms with E-state index >= 15 is 0 Å². The molecule has 0 amide bonds. The van der Waals surface area contributed by atoms with Crippen LogP contribution in [0.1, 0.15) is 42.3 Å². The first-order chi connectivity index (χ1) is 11.0. The van der Waals surface area contributed by atoms with Crippen molar-refractivity contribution < 1.29 is 0 Å². The summed E-state index contributed by atoms with van der Waals surface area (Å²) in [6, 6.07) is 0.651. The molecule has 138 valence electrons. The summed E-state index contributed by atoms with van der Waals surface area (Å²) in [7, 11) is 2.14. The fourth-order valence-corrected chi connectivity index (χ4v) is 4.00. The predicted octanol–water partition coefficient (Wildman–Crippen LogP) is 3.26. The van der Waals surface area contributed by atoms with Crippen LogP contribution in [0.15, 0.2) is 4.99 Å². The third kappa shape index (κ3) is 5.84. The van der Waals surface area contributed by atoms with E-state index in [1.54, 1.807) is 11.3 Å². The number of nitrogens with zero attached hydrogens (tertiary/aromatic N) is 4. The van der Waals surface area contributed by atoms with E-state index in [0.717, 1.165) is 36.3 Å². The van der Waals surface area contributed by atoms with E-state index < -0.39 is 0 Å². The van der Waals surface area contributed by atoms with Crippen LogP contribution < -0.4 is 5.32 Å². The van der Waals surface area contributed by atoms with Gasteiger partial charge < -0.3 is 10.2 Å². The molecule has 1 N–H and O–H groups in total. The number of likely N-dealkylation sites (N-methyl/N-ethyl adjacent to an activating group) is 2. The average molecular weight is 465 g/mol. The zero-order valence-electron chi connectivity index (χ0n) is 15.6. The van der Waals surface area contributed by atoms with Crippen LogP contribution >= 0.6 is 35.3 Å². The Balaban J connectivity index is 0.00000288. The fraction of sp³-hybridized carbons (Fsp3) is 0.765. The van der Waals surface area contributed by atoms with Crippen molar-refractivity contribution in [3.8, 4) is 0 Å². The van der Waals surface area contributed by atoms with Crippen LogP contribution in [0.3, 0.4) is 0 Å². The number of halogens is 1. The van der Waals surface area contributed by atoms with Crippen molar-refractivity contribution in [2.75, 3.05) is 33.2 Å². The number of thiazole rings is 1. The van der Waals surface area contributed by atoms with E-state index in [4.69, 9.17) is 4.99 Å². The summed E-state index contributed by atoms with van der Waals surface area (Å²) in [6.07, 6.45) is 2.61. The van der Waals surface area contributed by atoms with Crippen molar-refractivity contribution in [1.82, 2.24) is 20.1 Å². The van der Waals surface area contributed by atoms with Crippen molar-refractivity contribution in [3.05, 3.63) is 15.6 Å². The highest BCUT2D eigenvalue weighted by molar-refractivity contribution is 14.0. The highest BCUT2D eigenvalue weighted by Gasteiger charge is 2.24. The minimum absolute atomic E-state index is 0. The smallest absolute Gasteiger partial charge is 0.194 e. The first kappa shape index (κ1) is 21.6. The monoisotopic (exact) mass is 465 g/mol. The van der Waals surface area contributed by atoms with Gasteiger partial charge in [0.05, 0.1) is 12.2 Å². The van der Waals surface area contributed by atoms with Crippen molar-refractivity contribution >= 4 is 41.3 Å². The summed E-state index contributed by atoms with van der Waals surface area (Å²) in [4.78, 5) is 15.5. The second-order valence-electron chi connectivity index (χ2n) is 6.22. The molecule has 2 rings (SSSR count). The van der Waals surface area contributed by atoms with E-state index in [9.17, 15) is 0 Å². The number of likely N-dealkylation sites (tertiary alicyclic amines) is 1. The lowest BCUT2D eigenvalue weighted by molar-refractivity contribution is 0.232. The first-order valence-corrected chi connectivity index (χ1v) is 9.53. The topological polar surface area (TPSA) is 43.8 Å². The lowest BCUT2D eigenvalue weighted by atomic mass is 10.2. The fourth-order valence-electron chi connectivity index (χ4n) is 3.14.